The van der Waals surface area contributed by atoms with Gasteiger partial charge in [-0.3, -0.25) is 9.69 Å². The van der Waals surface area contributed by atoms with E-state index in [2.05, 4.69) is 22.0 Å². The molecule has 1 heterocycles. The average Bonchev–Trinajstić information content (AvgIpc) is 2.55. The smallest absolute Gasteiger partial charge is 0.337 e. The van der Waals surface area contributed by atoms with E-state index in [9.17, 15) is 14.7 Å². The number of carboxylic acid groups (broad SMARTS) is 1. The first-order valence-electron chi connectivity index (χ1n) is 8.88. The van der Waals surface area contributed by atoms with Crippen molar-refractivity contribution in [1.29, 1.82) is 0 Å². The third kappa shape index (κ3) is 4.95. The van der Waals surface area contributed by atoms with Crippen molar-refractivity contribution in [2.45, 2.75) is 34.1 Å². The molecule has 0 aliphatic carbocycles. The van der Waals surface area contributed by atoms with Gasteiger partial charge in [0.15, 0.2) is 0 Å². The van der Waals surface area contributed by atoms with E-state index < -0.39 is 11.4 Å². The fraction of sp³-hybridized carbons (Fsp3) is 0.579. The first kappa shape index (κ1) is 19.2. The second-order valence-corrected chi connectivity index (χ2v) is 7.57. The largest absolute Gasteiger partial charge is 0.478 e. The molecule has 2 N–H and O–H groups in total. The Bertz CT molecular complexity index is 629. The zero-order chi connectivity index (χ0) is 18.6. The molecule has 1 amide bonds. The molecule has 0 saturated carbocycles. The Morgan fingerprint density at radius 1 is 1.16 bits per heavy atom. The monoisotopic (exact) mass is 347 g/mol. The highest BCUT2D eigenvalue weighted by atomic mass is 16.4. The molecule has 6 heteroatoms. The number of aromatic carboxylic acids is 1. The number of carbonyl (C=O) groups excluding carboxylic acids is 1. The third-order valence-corrected chi connectivity index (χ3v) is 4.44. The van der Waals surface area contributed by atoms with E-state index in [4.69, 9.17) is 0 Å². The fourth-order valence-corrected chi connectivity index (χ4v) is 2.87. The van der Waals surface area contributed by atoms with Crippen LogP contribution >= 0.6 is 0 Å². The van der Waals surface area contributed by atoms with Gasteiger partial charge in [-0.2, -0.15) is 0 Å². The van der Waals surface area contributed by atoms with Crippen LogP contribution in [0, 0.1) is 5.41 Å². The zero-order valence-electron chi connectivity index (χ0n) is 15.6. The Morgan fingerprint density at radius 3 is 2.32 bits per heavy atom. The summed E-state index contributed by atoms with van der Waals surface area (Å²) in [6.45, 7) is 12.4. The Labute approximate surface area is 149 Å². The number of nitrogens with one attached hydrogen (secondary N) is 1. The van der Waals surface area contributed by atoms with Gasteiger partial charge < -0.3 is 15.3 Å². The van der Waals surface area contributed by atoms with Gasteiger partial charge in [0.25, 0.3) is 0 Å². The SMILES string of the molecule is CCCN1CCN(c2ccc(NC(=O)C(C)(C)C)c(C(=O)O)c2)CC1. The van der Waals surface area contributed by atoms with Crippen molar-refractivity contribution < 1.29 is 14.7 Å². The summed E-state index contributed by atoms with van der Waals surface area (Å²) < 4.78 is 0. The molecule has 0 aromatic heterocycles. The van der Waals surface area contributed by atoms with E-state index in [-0.39, 0.29) is 11.5 Å². The molecule has 1 saturated heterocycles. The number of amides is 1. The number of hydrogen-bond acceptors (Lipinski definition) is 4. The molecule has 0 spiro atoms. The predicted molar refractivity (Wildman–Crippen MR) is 100 cm³/mol. The summed E-state index contributed by atoms with van der Waals surface area (Å²) in [5.41, 5.74) is 0.790. The Morgan fingerprint density at radius 2 is 1.80 bits per heavy atom. The lowest BCUT2D eigenvalue weighted by Crippen LogP contribution is -2.46. The number of hydrogen-bond donors (Lipinski definition) is 2. The van der Waals surface area contributed by atoms with Gasteiger partial charge in [-0.1, -0.05) is 27.7 Å². The van der Waals surface area contributed by atoms with Gasteiger partial charge in [-0.05, 0) is 31.2 Å². The Balaban J connectivity index is 2.16. The lowest BCUT2D eigenvalue weighted by atomic mass is 9.95. The maximum Gasteiger partial charge on any atom is 0.337 e. The van der Waals surface area contributed by atoms with Crippen molar-refractivity contribution in [3.8, 4) is 0 Å². The standard InChI is InChI=1S/C19H29N3O3/c1-5-8-21-9-11-22(12-10-21)14-6-7-16(15(13-14)17(23)24)20-18(25)19(2,3)4/h6-7,13H,5,8-12H2,1-4H3,(H,20,25)(H,23,24). The molecule has 0 bridgehead atoms. The lowest BCUT2D eigenvalue weighted by molar-refractivity contribution is -0.123. The molecule has 1 aliphatic rings. The summed E-state index contributed by atoms with van der Waals surface area (Å²) in [5, 5.41) is 12.3. The number of carbonyl (C=O) groups is 2. The topological polar surface area (TPSA) is 72.9 Å². The minimum Gasteiger partial charge on any atom is -0.478 e. The van der Waals surface area contributed by atoms with Gasteiger partial charge >= 0.3 is 5.97 Å². The quantitative estimate of drug-likeness (QED) is 0.857. The van der Waals surface area contributed by atoms with Crippen LogP contribution in [0.5, 0.6) is 0 Å². The number of benzene rings is 1. The highest BCUT2D eigenvalue weighted by molar-refractivity contribution is 6.02. The number of piperazine rings is 1. The van der Waals surface area contributed by atoms with Crippen LogP contribution in [0.4, 0.5) is 11.4 Å². The number of nitrogens with zero attached hydrogens (tertiary/aromatic N) is 2. The Kier molecular flexibility index (Phi) is 6.06. The fourth-order valence-electron chi connectivity index (χ4n) is 2.87. The van der Waals surface area contributed by atoms with Crippen molar-refractivity contribution in [2.75, 3.05) is 42.9 Å². The molecule has 0 atom stereocenters. The molecular formula is C19H29N3O3. The second kappa shape index (κ2) is 7.87. The van der Waals surface area contributed by atoms with E-state index >= 15 is 0 Å². The van der Waals surface area contributed by atoms with Crippen LogP contribution < -0.4 is 10.2 Å². The summed E-state index contributed by atoms with van der Waals surface area (Å²) in [5.74, 6) is -1.23. The van der Waals surface area contributed by atoms with E-state index in [0.717, 1.165) is 44.8 Å². The highest BCUT2D eigenvalue weighted by Gasteiger charge is 2.24. The first-order valence-corrected chi connectivity index (χ1v) is 8.88. The first-order chi connectivity index (χ1) is 11.7. The summed E-state index contributed by atoms with van der Waals surface area (Å²) in [4.78, 5) is 28.4. The second-order valence-electron chi connectivity index (χ2n) is 7.57. The molecule has 2 rings (SSSR count). The summed E-state index contributed by atoms with van der Waals surface area (Å²) in [6, 6.07) is 5.25. The van der Waals surface area contributed by atoms with E-state index in [0.29, 0.717) is 5.69 Å². The molecule has 6 nitrogen and oxygen atoms in total. The van der Waals surface area contributed by atoms with Gasteiger partial charge in [0, 0.05) is 37.3 Å². The van der Waals surface area contributed by atoms with E-state index in [1.165, 1.54) is 0 Å². The van der Waals surface area contributed by atoms with Crippen LogP contribution in [-0.2, 0) is 4.79 Å². The van der Waals surface area contributed by atoms with Crippen molar-refractivity contribution >= 4 is 23.3 Å². The molecule has 0 unspecified atom stereocenters. The molecule has 1 aromatic rings. The van der Waals surface area contributed by atoms with Crippen LogP contribution in [-0.4, -0.2) is 54.6 Å². The number of carboxylic acids is 1. The van der Waals surface area contributed by atoms with E-state index in [1.54, 1.807) is 32.9 Å². The van der Waals surface area contributed by atoms with Crippen molar-refractivity contribution in [1.82, 2.24) is 4.90 Å². The molecule has 1 fully saturated rings. The molecule has 1 aromatic carbocycles. The number of rotatable bonds is 5. The zero-order valence-corrected chi connectivity index (χ0v) is 15.6. The van der Waals surface area contributed by atoms with Gasteiger partial charge in [0.2, 0.25) is 5.91 Å². The van der Waals surface area contributed by atoms with Crippen LogP contribution in [0.2, 0.25) is 0 Å². The third-order valence-electron chi connectivity index (χ3n) is 4.44. The van der Waals surface area contributed by atoms with Crippen molar-refractivity contribution in [3.05, 3.63) is 23.8 Å². The highest BCUT2D eigenvalue weighted by Crippen LogP contribution is 2.26. The van der Waals surface area contributed by atoms with E-state index in [1.807, 2.05) is 6.07 Å². The van der Waals surface area contributed by atoms with Gasteiger partial charge in [0.05, 0.1) is 11.3 Å². The molecule has 0 radical (unpaired) electrons. The summed E-state index contributed by atoms with van der Waals surface area (Å²) in [7, 11) is 0. The predicted octanol–water partition coefficient (Wildman–Crippen LogP) is 2.90. The maximum atomic E-state index is 12.2. The van der Waals surface area contributed by atoms with Crippen LogP contribution in [0.1, 0.15) is 44.5 Å². The van der Waals surface area contributed by atoms with Crippen LogP contribution in [0.25, 0.3) is 0 Å². The van der Waals surface area contributed by atoms with Gasteiger partial charge in [-0.15, -0.1) is 0 Å². The van der Waals surface area contributed by atoms with Crippen LogP contribution in [0.3, 0.4) is 0 Å². The van der Waals surface area contributed by atoms with Crippen molar-refractivity contribution in [3.63, 3.8) is 0 Å². The van der Waals surface area contributed by atoms with Gasteiger partial charge in [0.1, 0.15) is 0 Å². The molecule has 138 valence electrons. The maximum absolute atomic E-state index is 12.2. The minimum atomic E-state index is -1.03. The van der Waals surface area contributed by atoms with Crippen LogP contribution in [0.15, 0.2) is 18.2 Å². The summed E-state index contributed by atoms with van der Waals surface area (Å²) >= 11 is 0. The summed E-state index contributed by atoms with van der Waals surface area (Å²) in [6.07, 6.45) is 1.14. The molecular weight excluding hydrogens is 318 g/mol. The van der Waals surface area contributed by atoms with Crippen molar-refractivity contribution in [2.24, 2.45) is 5.41 Å². The molecule has 25 heavy (non-hydrogen) atoms. The average molecular weight is 347 g/mol. The Hall–Kier alpha value is -2.08. The lowest BCUT2D eigenvalue weighted by Gasteiger charge is -2.36. The normalized spacial score (nSPS) is 15.9. The van der Waals surface area contributed by atoms with Gasteiger partial charge in [-0.25, -0.2) is 4.79 Å². The molecule has 1 aliphatic heterocycles. The number of anilines is 2. The minimum absolute atomic E-state index is 0.131.